The molecule has 416 valence electrons. The van der Waals surface area contributed by atoms with Gasteiger partial charge in [-0.2, -0.15) is 0 Å². The zero-order chi connectivity index (χ0) is 52.2. The highest BCUT2D eigenvalue weighted by atomic mass is 16.7. The highest BCUT2D eigenvalue weighted by Crippen LogP contribution is 2.23. The molecule has 9 nitrogen and oxygen atoms in total. The Bertz CT molecular complexity index is 1400. The average Bonchev–Trinajstić information content (AvgIpc) is 3.38. The number of aliphatic hydroxyl groups excluding tert-OH is 5. The Hall–Kier alpha value is -2.63. The van der Waals surface area contributed by atoms with E-state index in [0.29, 0.717) is 6.42 Å². The summed E-state index contributed by atoms with van der Waals surface area (Å²) in [4.78, 5) is 13.0. The molecule has 0 saturated carbocycles. The summed E-state index contributed by atoms with van der Waals surface area (Å²) in [5.41, 5.74) is 0. The second kappa shape index (κ2) is 51.8. The van der Waals surface area contributed by atoms with Crippen LogP contribution in [0.3, 0.4) is 0 Å². The molecule has 1 aliphatic rings. The molecule has 0 aromatic carbocycles. The standard InChI is InChI=1S/C63H111NO8/c1-3-5-7-9-11-13-15-17-18-19-20-21-22-23-24-25-26-27-28-29-30-31-32-33-34-35-36-37-38-39-40-41-43-45-47-49-51-53-59(67)64-56(55-71-63-62(70)61(69)60(68)58(54-65)72-63)57(66)52-50-48-46-44-42-16-14-12-10-8-6-4-2/h5,7,10-13,17-18,20-21,42,44,50,52,56-58,60-63,65-66,68-70H,3-4,6,8-9,14-16,19,22-41,43,45-49,51,53-55H2,1-2H3,(H,64,67)/b7-5-,12-10+,13-11-,18-17-,21-20-,44-42+,52-50+. The van der Waals surface area contributed by atoms with Gasteiger partial charge in [0, 0.05) is 6.42 Å². The van der Waals surface area contributed by atoms with E-state index in [9.17, 15) is 30.3 Å². The molecule has 0 spiro atoms. The fourth-order valence-corrected chi connectivity index (χ4v) is 8.99. The maximum Gasteiger partial charge on any atom is 0.220 e. The van der Waals surface area contributed by atoms with E-state index in [1.807, 2.05) is 6.08 Å². The minimum absolute atomic E-state index is 0.191. The number of hydrogen-bond acceptors (Lipinski definition) is 8. The van der Waals surface area contributed by atoms with Crippen molar-refractivity contribution in [3.05, 3.63) is 85.1 Å². The third-order valence-corrected chi connectivity index (χ3v) is 13.7. The molecule has 1 saturated heterocycles. The van der Waals surface area contributed by atoms with Crippen LogP contribution in [0.2, 0.25) is 0 Å². The highest BCUT2D eigenvalue weighted by Gasteiger charge is 2.44. The van der Waals surface area contributed by atoms with E-state index in [2.05, 4.69) is 92.1 Å². The van der Waals surface area contributed by atoms with E-state index in [1.54, 1.807) is 6.08 Å². The Morgan fingerprint density at radius 3 is 1.33 bits per heavy atom. The van der Waals surface area contributed by atoms with Crippen LogP contribution >= 0.6 is 0 Å². The normalized spacial score (nSPS) is 19.8. The smallest absolute Gasteiger partial charge is 0.220 e. The molecule has 0 aromatic heterocycles. The largest absolute Gasteiger partial charge is 0.394 e. The minimum Gasteiger partial charge on any atom is -0.394 e. The first-order valence-electron chi connectivity index (χ1n) is 29.8. The van der Waals surface area contributed by atoms with Crippen LogP contribution in [0.5, 0.6) is 0 Å². The van der Waals surface area contributed by atoms with Crippen LogP contribution < -0.4 is 5.32 Å². The Morgan fingerprint density at radius 2 is 0.875 bits per heavy atom. The maximum atomic E-state index is 13.0. The van der Waals surface area contributed by atoms with Gasteiger partial charge in [0.15, 0.2) is 6.29 Å². The van der Waals surface area contributed by atoms with Crippen molar-refractivity contribution >= 4 is 5.91 Å². The zero-order valence-electron chi connectivity index (χ0n) is 46.2. The van der Waals surface area contributed by atoms with Gasteiger partial charge in [-0.3, -0.25) is 4.79 Å². The molecule has 7 unspecified atom stereocenters. The van der Waals surface area contributed by atoms with Crippen molar-refractivity contribution in [2.24, 2.45) is 0 Å². The molecule has 0 aromatic rings. The summed E-state index contributed by atoms with van der Waals surface area (Å²) < 4.78 is 11.2. The summed E-state index contributed by atoms with van der Waals surface area (Å²) in [6.45, 7) is 3.59. The van der Waals surface area contributed by atoms with E-state index in [0.717, 1.165) is 77.0 Å². The number of carbonyl (C=O) groups is 1. The number of unbranched alkanes of at least 4 members (excludes halogenated alkanes) is 28. The third kappa shape index (κ3) is 40.7. The maximum absolute atomic E-state index is 13.0. The molecule has 72 heavy (non-hydrogen) atoms. The molecular weight excluding hydrogens is 899 g/mol. The number of ether oxygens (including phenoxy) is 2. The Morgan fingerprint density at radius 1 is 0.486 bits per heavy atom. The van der Waals surface area contributed by atoms with Crippen LogP contribution in [0, 0.1) is 0 Å². The van der Waals surface area contributed by atoms with E-state index >= 15 is 0 Å². The van der Waals surface area contributed by atoms with Crippen molar-refractivity contribution in [2.45, 2.75) is 294 Å². The van der Waals surface area contributed by atoms with E-state index in [-0.39, 0.29) is 12.5 Å². The summed E-state index contributed by atoms with van der Waals surface area (Å²) in [7, 11) is 0. The molecule has 7 atom stereocenters. The lowest BCUT2D eigenvalue weighted by Gasteiger charge is -2.40. The van der Waals surface area contributed by atoms with E-state index < -0.39 is 49.5 Å². The first-order valence-corrected chi connectivity index (χ1v) is 29.8. The lowest BCUT2D eigenvalue weighted by molar-refractivity contribution is -0.302. The monoisotopic (exact) mass is 1010 g/mol. The molecule has 1 aliphatic heterocycles. The predicted molar refractivity (Wildman–Crippen MR) is 304 cm³/mol. The van der Waals surface area contributed by atoms with Gasteiger partial charge in [-0.15, -0.1) is 0 Å². The fraction of sp³-hybridized carbons (Fsp3) is 0.762. The van der Waals surface area contributed by atoms with Gasteiger partial charge in [0.2, 0.25) is 5.91 Å². The molecule has 1 rings (SSSR count). The summed E-state index contributed by atoms with van der Waals surface area (Å²) in [5.74, 6) is -0.191. The lowest BCUT2D eigenvalue weighted by atomic mass is 9.99. The second-order valence-electron chi connectivity index (χ2n) is 20.4. The van der Waals surface area contributed by atoms with Crippen LogP contribution in [0.4, 0.5) is 0 Å². The van der Waals surface area contributed by atoms with Crippen molar-refractivity contribution in [3.8, 4) is 0 Å². The highest BCUT2D eigenvalue weighted by molar-refractivity contribution is 5.76. The Kier molecular flexibility index (Phi) is 48.5. The fourth-order valence-electron chi connectivity index (χ4n) is 8.99. The summed E-state index contributed by atoms with van der Waals surface area (Å²) in [6.07, 6.45) is 66.9. The van der Waals surface area contributed by atoms with Crippen molar-refractivity contribution in [1.29, 1.82) is 0 Å². The van der Waals surface area contributed by atoms with Gasteiger partial charge in [-0.05, 0) is 77.0 Å². The lowest BCUT2D eigenvalue weighted by Crippen LogP contribution is -2.60. The Labute approximate surface area is 441 Å². The third-order valence-electron chi connectivity index (χ3n) is 13.7. The van der Waals surface area contributed by atoms with Crippen molar-refractivity contribution < 1.29 is 39.8 Å². The SMILES string of the molecule is CC/C=C\C/C=C\C/C=C\C/C=C\CCCCCCCCCCCCCCCCCCCCCCCCCCC(=O)NC(COC1OC(CO)C(O)C(O)C1O)C(O)/C=C/CC/C=C/CC/C=C/CCCC. The summed E-state index contributed by atoms with van der Waals surface area (Å²) in [6, 6.07) is -0.828. The molecule has 9 heteroatoms. The Balaban J connectivity index is 2.06. The molecule has 6 N–H and O–H groups in total. The zero-order valence-corrected chi connectivity index (χ0v) is 46.2. The van der Waals surface area contributed by atoms with E-state index in [4.69, 9.17) is 9.47 Å². The van der Waals surface area contributed by atoms with Gasteiger partial charge >= 0.3 is 0 Å². The van der Waals surface area contributed by atoms with Crippen molar-refractivity contribution in [1.82, 2.24) is 5.32 Å². The summed E-state index contributed by atoms with van der Waals surface area (Å²) >= 11 is 0. The first kappa shape index (κ1) is 67.4. The number of hydrogen-bond donors (Lipinski definition) is 6. The van der Waals surface area contributed by atoms with Gasteiger partial charge in [-0.25, -0.2) is 0 Å². The van der Waals surface area contributed by atoms with Gasteiger partial charge in [0.1, 0.15) is 24.4 Å². The number of nitrogens with one attached hydrogen (secondary N) is 1. The molecule has 0 bridgehead atoms. The number of amides is 1. The van der Waals surface area contributed by atoms with Gasteiger partial charge in [0.05, 0.1) is 25.4 Å². The topological polar surface area (TPSA) is 149 Å². The number of allylic oxidation sites excluding steroid dienone is 13. The molecule has 1 amide bonds. The summed E-state index contributed by atoms with van der Waals surface area (Å²) in [5, 5.41) is 54.3. The van der Waals surface area contributed by atoms with Gasteiger partial charge in [0.25, 0.3) is 0 Å². The van der Waals surface area contributed by atoms with Crippen molar-refractivity contribution in [3.63, 3.8) is 0 Å². The minimum atomic E-state index is -1.58. The second-order valence-corrected chi connectivity index (χ2v) is 20.4. The van der Waals surface area contributed by atoms with E-state index in [1.165, 1.54) is 154 Å². The van der Waals surface area contributed by atoms with Crippen LogP contribution in [0.25, 0.3) is 0 Å². The van der Waals surface area contributed by atoms with Gasteiger partial charge < -0.3 is 40.3 Å². The van der Waals surface area contributed by atoms with Crippen LogP contribution in [0.15, 0.2) is 85.1 Å². The van der Waals surface area contributed by atoms with Gasteiger partial charge in [-0.1, -0.05) is 253 Å². The molecular formula is C63H111NO8. The first-order chi connectivity index (χ1) is 35.3. The molecule has 1 fully saturated rings. The molecule has 1 heterocycles. The van der Waals surface area contributed by atoms with Crippen molar-refractivity contribution in [2.75, 3.05) is 13.2 Å². The number of carbonyl (C=O) groups excluding carboxylic acids is 1. The predicted octanol–water partition coefficient (Wildman–Crippen LogP) is 15.0. The number of aliphatic hydroxyl groups is 5. The van der Waals surface area contributed by atoms with Crippen LogP contribution in [-0.4, -0.2) is 87.5 Å². The molecule has 0 radical (unpaired) electrons. The number of rotatable bonds is 50. The molecule has 0 aliphatic carbocycles. The average molecular weight is 1010 g/mol. The van der Waals surface area contributed by atoms with Crippen LogP contribution in [-0.2, 0) is 14.3 Å². The van der Waals surface area contributed by atoms with Crippen LogP contribution in [0.1, 0.15) is 251 Å². The quantitative estimate of drug-likeness (QED) is 0.0261.